The molecule has 1 aliphatic rings. The third-order valence-corrected chi connectivity index (χ3v) is 4.87. The van der Waals surface area contributed by atoms with Crippen LogP contribution in [0, 0.1) is 0 Å². The summed E-state index contributed by atoms with van der Waals surface area (Å²) in [5.41, 5.74) is 3.05. The van der Waals surface area contributed by atoms with Gasteiger partial charge in [-0.2, -0.15) is 0 Å². The van der Waals surface area contributed by atoms with Gasteiger partial charge in [-0.25, -0.2) is 0 Å². The second-order valence-corrected chi connectivity index (χ2v) is 6.83. The first-order valence-electron chi connectivity index (χ1n) is 6.93. The van der Waals surface area contributed by atoms with Crippen molar-refractivity contribution in [3.8, 4) is 0 Å². The van der Waals surface area contributed by atoms with Crippen LogP contribution in [0.15, 0.2) is 24.3 Å². The van der Waals surface area contributed by atoms with Crippen molar-refractivity contribution in [1.82, 2.24) is 14.9 Å². The van der Waals surface area contributed by atoms with E-state index < -0.39 is 0 Å². The van der Waals surface area contributed by atoms with E-state index in [1.807, 2.05) is 32.0 Å². The molecule has 0 bridgehead atoms. The zero-order chi connectivity index (χ0) is 15.0. The molecule has 21 heavy (non-hydrogen) atoms. The fraction of sp³-hybridized carbons (Fsp3) is 0.400. The monoisotopic (exact) mass is 321 g/mol. The Balaban J connectivity index is 1.84. The summed E-state index contributed by atoms with van der Waals surface area (Å²) < 4.78 is 3.90. The fourth-order valence-corrected chi connectivity index (χ4v) is 3.74. The van der Waals surface area contributed by atoms with Gasteiger partial charge in [0.25, 0.3) is 5.91 Å². The summed E-state index contributed by atoms with van der Waals surface area (Å²) in [6.07, 6.45) is 0.778. The minimum absolute atomic E-state index is 0.116. The number of nitrogens with one attached hydrogen (secondary N) is 1. The van der Waals surface area contributed by atoms with Gasteiger partial charge in [0, 0.05) is 0 Å². The van der Waals surface area contributed by atoms with E-state index in [1.54, 1.807) is 0 Å². The summed E-state index contributed by atoms with van der Waals surface area (Å²) in [4.78, 5) is 13.1. The van der Waals surface area contributed by atoms with Crippen LogP contribution in [0.25, 0.3) is 0 Å². The molecule has 1 N–H and O–H groups in total. The van der Waals surface area contributed by atoms with Crippen LogP contribution in [0.2, 0.25) is 0 Å². The number of carbonyl (C=O) groups is 1. The number of halogens is 1. The number of amides is 1. The van der Waals surface area contributed by atoms with Crippen molar-refractivity contribution in [2.24, 2.45) is 0 Å². The first-order chi connectivity index (χ1) is 10.1. The highest BCUT2D eigenvalue weighted by atomic mass is 35.5. The third-order valence-electron chi connectivity index (χ3n) is 3.72. The summed E-state index contributed by atoms with van der Waals surface area (Å²) in [6, 6.07) is 7.90. The van der Waals surface area contributed by atoms with Crippen LogP contribution >= 0.6 is 23.1 Å². The molecule has 0 aliphatic heterocycles. The van der Waals surface area contributed by atoms with Crippen LogP contribution in [0.1, 0.15) is 52.3 Å². The zero-order valence-electron chi connectivity index (χ0n) is 11.8. The van der Waals surface area contributed by atoms with Crippen LogP contribution in [0.5, 0.6) is 0 Å². The van der Waals surface area contributed by atoms with Gasteiger partial charge in [0.05, 0.1) is 17.1 Å². The lowest BCUT2D eigenvalue weighted by atomic mass is 10.1. The highest BCUT2D eigenvalue weighted by Crippen LogP contribution is 2.35. The van der Waals surface area contributed by atoms with E-state index in [1.165, 1.54) is 5.56 Å². The van der Waals surface area contributed by atoms with E-state index in [0.717, 1.165) is 29.2 Å². The quantitative estimate of drug-likeness (QED) is 0.882. The lowest BCUT2D eigenvalue weighted by Crippen LogP contribution is -2.32. The van der Waals surface area contributed by atoms with Crippen molar-refractivity contribution in [3.63, 3.8) is 0 Å². The van der Waals surface area contributed by atoms with E-state index in [-0.39, 0.29) is 23.2 Å². The van der Waals surface area contributed by atoms with Gasteiger partial charge < -0.3 is 5.32 Å². The maximum atomic E-state index is 12.5. The molecule has 2 aromatic rings. The Bertz CT molecular complexity index is 670. The van der Waals surface area contributed by atoms with E-state index in [4.69, 9.17) is 11.6 Å². The van der Waals surface area contributed by atoms with Crippen LogP contribution in [-0.4, -0.2) is 20.9 Å². The van der Waals surface area contributed by atoms with Gasteiger partial charge in [0.1, 0.15) is 4.88 Å². The summed E-state index contributed by atoms with van der Waals surface area (Å²) >= 11 is 7.54. The smallest absolute Gasteiger partial charge is 0.265 e. The Labute approximate surface area is 132 Å². The number of hydrogen-bond donors (Lipinski definition) is 1. The molecule has 3 rings (SSSR count). The zero-order valence-corrected chi connectivity index (χ0v) is 13.4. The van der Waals surface area contributed by atoms with Gasteiger partial charge in [-0.3, -0.25) is 4.79 Å². The molecule has 1 aromatic carbocycles. The fourth-order valence-electron chi connectivity index (χ4n) is 2.65. The molecule has 6 heteroatoms. The number of carbonyl (C=O) groups excluding carboxylic acids is 1. The molecule has 0 radical (unpaired) electrons. The Hall–Kier alpha value is -1.46. The van der Waals surface area contributed by atoms with Crippen LogP contribution in [-0.2, 0) is 6.42 Å². The predicted octanol–water partition coefficient (Wildman–Crippen LogP) is 3.30. The van der Waals surface area contributed by atoms with Gasteiger partial charge in [0.15, 0.2) is 0 Å². The predicted molar refractivity (Wildman–Crippen MR) is 84.0 cm³/mol. The van der Waals surface area contributed by atoms with Crippen molar-refractivity contribution in [2.75, 3.05) is 0 Å². The Morgan fingerprint density at radius 3 is 2.95 bits per heavy atom. The van der Waals surface area contributed by atoms with Crippen molar-refractivity contribution in [2.45, 2.75) is 37.6 Å². The average Bonchev–Trinajstić information content (AvgIpc) is 3.04. The molecular formula is C15H16ClN3OS. The number of nitrogens with zero attached hydrogens (tertiary/aromatic N) is 2. The number of aromatic nitrogens is 2. The average molecular weight is 322 g/mol. The van der Waals surface area contributed by atoms with Crippen molar-refractivity contribution in [3.05, 3.63) is 46.0 Å². The van der Waals surface area contributed by atoms with Gasteiger partial charge >= 0.3 is 0 Å². The molecule has 110 valence electrons. The second-order valence-electron chi connectivity index (χ2n) is 5.51. The molecule has 0 saturated heterocycles. The van der Waals surface area contributed by atoms with Gasteiger partial charge in [-0.1, -0.05) is 42.6 Å². The van der Waals surface area contributed by atoms with Crippen LogP contribution in [0.3, 0.4) is 0 Å². The van der Waals surface area contributed by atoms with Crippen molar-refractivity contribution in [1.29, 1.82) is 0 Å². The molecule has 1 heterocycles. The number of fused-ring (bicyclic) bond motifs is 1. The topological polar surface area (TPSA) is 54.9 Å². The minimum Gasteiger partial charge on any atom is -0.343 e. The highest BCUT2D eigenvalue weighted by Gasteiger charge is 2.33. The Morgan fingerprint density at radius 1 is 1.43 bits per heavy atom. The van der Waals surface area contributed by atoms with E-state index in [9.17, 15) is 4.79 Å². The minimum atomic E-state index is -0.155. The number of alkyl halides is 1. The first kappa shape index (κ1) is 14.5. The Kier molecular flexibility index (Phi) is 3.95. The van der Waals surface area contributed by atoms with Crippen LogP contribution in [0.4, 0.5) is 0 Å². The molecule has 2 unspecified atom stereocenters. The summed E-state index contributed by atoms with van der Waals surface area (Å²) in [7, 11) is 0. The Morgan fingerprint density at radius 2 is 2.19 bits per heavy atom. The molecule has 0 spiro atoms. The molecule has 1 amide bonds. The van der Waals surface area contributed by atoms with E-state index in [0.29, 0.717) is 4.88 Å². The lowest BCUT2D eigenvalue weighted by Gasteiger charge is -2.17. The summed E-state index contributed by atoms with van der Waals surface area (Å²) in [5, 5.41) is 6.98. The summed E-state index contributed by atoms with van der Waals surface area (Å²) in [5.74, 6) is 0.0354. The molecule has 1 aliphatic carbocycles. The number of hydrogen-bond acceptors (Lipinski definition) is 4. The molecule has 1 aromatic heterocycles. The first-order valence-corrected chi connectivity index (χ1v) is 8.14. The molecule has 0 fully saturated rings. The molecule has 0 saturated carbocycles. The molecular weight excluding hydrogens is 306 g/mol. The summed E-state index contributed by atoms with van der Waals surface area (Å²) in [6.45, 7) is 4.01. The van der Waals surface area contributed by atoms with E-state index in [2.05, 4.69) is 21.0 Å². The second kappa shape index (κ2) is 5.73. The van der Waals surface area contributed by atoms with E-state index >= 15 is 0 Å². The number of rotatable bonds is 3. The maximum Gasteiger partial charge on any atom is 0.265 e. The third kappa shape index (κ3) is 2.68. The standard InChI is InChI=1S/C15H16ClN3OS/c1-8(2)12-14(21-19-18-12)15(20)17-13-10-6-4-3-5-9(10)7-11(13)16/h3-6,8,11,13H,7H2,1-2H3,(H,17,20). The van der Waals surface area contributed by atoms with Crippen molar-refractivity contribution >= 4 is 29.0 Å². The molecule has 4 nitrogen and oxygen atoms in total. The van der Waals surface area contributed by atoms with Gasteiger partial charge in [-0.15, -0.1) is 16.7 Å². The lowest BCUT2D eigenvalue weighted by molar-refractivity contribution is 0.0940. The van der Waals surface area contributed by atoms with Crippen molar-refractivity contribution < 1.29 is 4.79 Å². The van der Waals surface area contributed by atoms with Gasteiger partial charge in [-0.05, 0) is 35.0 Å². The largest absolute Gasteiger partial charge is 0.343 e. The number of benzene rings is 1. The van der Waals surface area contributed by atoms with Crippen LogP contribution < -0.4 is 5.32 Å². The normalized spacial score (nSPS) is 20.6. The maximum absolute atomic E-state index is 12.5. The molecule has 2 atom stereocenters. The van der Waals surface area contributed by atoms with Gasteiger partial charge in [0.2, 0.25) is 0 Å². The SMILES string of the molecule is CC(C)c1nnsc1C(=O)NC1c2ccccc2CC1Cl. The highest BCUT2D eigenvalue weighted by molar-refractivity contribution is 7.08.